The zero-order valence-corrected chi connectivity index (χ0v) is 19.8. The molecule has 146 valence electrons. The Morgan fingerprint density at radius 2 is 1.72 bits per heavy atom. The summed E-state index contributed by atoms with van der Waals surface area (Å²) in [5.74, 6) is 0.758. The highest BCUT2D eigenvalue weighted by Crippen LogP contribution is 2.30. The molecule has 0 aromatic heterocycles. The third kappa shape index (κ3) is 10.5. The second kappa shape index (κ2) is 9.11. The van der Waals surface area contributed by atoms with E-state index in [4.69, 9.17) is 8.85 Å². The molecule has 0 aromatic carbocycles. The highest BCUT2D eigenvalue weighted by Gasteiger charge is 2.32. The van der Waals surface area contributed by atoms with E-state index in [0.717, 1.165) is 25.7 Å². The standard InChI is InChI=1S/C20H40O3Si2/c1-20(2,23-25(6,7)8)15-11-9-10-12-17-16-18(21)13-14-19(17)22-24(3,4)5/h9-10,17,19H,11-16H2,1-8H3/b10-9-/t17-,19+/m1/s1. The van der Waals surface area contributed by atoms with E-state index in [0.29, 0.717) is 24.5 Å². The van der Waals surface area contributed by atoms with E-state index in [1.54, 1.807) is 0 Å². The average molecular weight is 385 g/mol. The predicted octanol–water partition coefficient (Wildman–Crippen LogP) is 5.93. The molecular weight excluding hydrogens is 344 g/mol. The zero-order valence-electron chi connectivity index (χ0n) is 17.8. The summed E-state index contributed by atoms with van der Waals surface area (Å²) < 4.78 is 12.6. The summed E-state index contributed by atoms with van der Waals surface area (Å²) >= 11 is 0. The van der Waals surface area contributed by atoms with E-state index < -0.39 is 16.6 Å². The van der Waals surface area contributed by atoms with Crippen LogP contribution in [-0.2, 0) is 13.6 Å². The molecule has 0 bridgehead atoms. The third-order valence-corrected chi connectivity index (χ3v) is 6.50. The Hall–Kier alpha value is -0.236. The lowest BCUT2D eigenvalue weighted by Crippen LogP contribution is -2.39. The smallest absolute Gasteiger partial charge is 0.184 e. The van der Waals surface area contributed by atoms with Crippen molar-refractivity contribution in [2.45, 2.75) is 103 Å². The summed E-state index contributed by atoms with van der Waals surface area (Å²) in [4.78, 5) is 11.9. The zero-order chi connectivity index (χ0) is 19.3. The Kier molecular flexibility index (Phi) is 8.31. The summed E-state index contributed by atoms with van der Waals surface area (Å²) in [6.07, 6.45) is 10.1. The lowest BCUT2D eigenvalue weighted by atomic mass is 9.83. The van der Waals surface area contributed by atoms with Crippen molar-refractivity contribution in [1.29, 1.82) is 0 Å². The molecule has 2 atom stereocenters. The third-order valence-electron chi connectivity index (χ3n) is 4.33. The Balaban J connectivity index is 2.47. The lowest BCUT2D eigenvalue weighted by molar-refractivity contribution is -0.123. The van der Waals surface area contributed by atoms with Crippen LogP contribution in [0.1, 0.15) is 52.4 Å². The average Bonchev–Trinajstić information content (AvgIpc) is 2.37. The molecule has 0 heterocycles. The number of carbonyl (C=O) groups is 1. The molecule has 1 saturated carbocycles. The van der Waals surface area contributed by atoms with Crippen molar-refractivity contribution in [1.82, 2.24) is 0 Å². The first-order chi connectivity index (χ1) is 11.3. The molecule has 0 amide bonds. The van der Waals surface area contributed by atoms with E-state index >= 15 is 0 Å². The largest absolute Gasteiger partial charge is 0.414 e. The van der Waals surface area contributed by atoms with Crippen molar-refractivity contribution in [2.24, 2.45) is 5.92 Å². The van der Waals surface area contributed by atoms with Crippen molar-refractivity contribution in [3.63, 3.8) is 0 Å². The number of hydrogen-bond acceptors (Lipinski definition) is 3. The SMILES string of the molecule is CC(C)(CC/C=C\C[C@@H]1CC(=O)CC[C@@H]1O[Si](C)(C)C)O[Si](C)(C)C. The quantitative estimate of drug-likeness (QED) is 0.365. The van der Waals surface area contributed by atoms with E-state index in [-0.39, 0.29) is 11.7 Å². The number of carbonyl (C=O) groups excluding carboxylic acids is 1. The van der Waals surface area contributed by atoms with Crippen LogP contribution in [0.2, 0.25) is 39.3 Å². The van der Waals surface area contributed by atoms with Gasteiger partial charge in [-0.15, -0.1) is 0 Å². The lowest BCUT2D eigenvalue weighted by Gasteiger charge is -2.35. The summed E-state index contributed by atoms with van der Waals surface area (Å²) in [7, 11) is -3.06. The Morgan fingerprint density at radius 1 is 1.08 bits per heavy atom. The van der Waals surface area contributed by atoms with Crippen LogP contribution in [0.4, 0.5) is 0 Å². The van der Waals surface area contributed by atoms with Gasteiger partial charge in [-0.05, 0) is 84.7 Å². The number of hydrogen-bond donors (Lipinski definition) is 0. The van der Waals surface area contributed by atoms with Crippen LogP contribution in [0.15, 0.2) is 12.2 Å². The minimum atomic E-state index is -1.56. The molecule has 0 N–H and O–H groups in total. The van der Waals surface area contributed by atoms with E-state index in [9.17, 15) is 4.79 Å². The number of allylic oxidation sites excluding steroid dienone is 2. The highest BCUT2D eigenvalue weighted by molar-refractivity contribution is 6.70. The molecule has 0 spiro atoms. The van der Waals surface area contributed by atoms with Crippen LogP contribution < -0.4 is 0 Å². The molecule has 0 saturated heterocycles. The first kappa shape index (κ1) is 22.8. The van der Waals surface area contributed by atoms with Crippen LogP contribution >= 0.6 is 0 Å². The van der Waals surface area contributed by atoms with Crippen LogP contribution in [0.3, 0.4) is 0 Å². The topological polar surface area (TPSA) is 35.5 Å². The van der Waals surface area contributed by atoms with Crippen molar-refractivity contribution in [2.75, 3.05) is 0 Å². The van der Waals surface area contributed by atoms with Crippen LogP contribution in [0.5, 0.6) is 0 Å². The van der Waals surface area contributed by atoms with Crippen molar-refractivity contribution in [3.8, 4) is 0 Å². The Bertz CT molecular complexity index is 459. The molecule has 0 radical (unpaired) electrons. The maximum atomic E-state index is 11.9. The maximum absolute atomic E-state index is 11.9. The van der Waals surface area contributed by atoms with Gasteiger partial charge >= 0.3 is 0 Å². The summed E-state index contributed by atoms with van der Waals surface area (Å²) in [6, 6.07) is 0. The van der Waals surface area contributed by atoms with Gasteiger partial charge in [-0.25, -0.2) is 0 Å². The summed E-state index contributed by atoms with van der Waals surface area (Å²) in [5.41, 5.74) is -0.0565. The second-order valence-electron chi connectivity index (χ2n) is 10.0. The van der Waals surface area contributed by atoms with Crippen LogP contribution in [-0.4, -0.2) is 34.1 Å². The monoisotopic (exact) mass is 384 g/mol. The Morgan fingerprint density at radius 3 is 2.28 bits per heavy atom. The van der Waals surface area contributed by atoms with Gasteiger partial charge in [0.1, 0.15) is 5.78 Å². The fourth-order valence-electron chi connectivity index (χ4n) is 3.61. The van der Waals surface area contributed by atoms with Gasteiger partial charge < -0.3 is 8.85 Å². The molecule has 1 fully saturated rings. The molecule has 25 heavy (non-hydrogen) atoms. The molecule has 0 unspecified atom stereocenters. The van der Waals surface area contributed by atoms with Gasteiger partial charge in [0.15, 0.2) is 16.6 Å². The molecule has 1 aliphatic carbocycles. The normalized spacial score (nSPS) is 23.4. The van der Waals surface area contributed by atoms with Crippen molar-refractivity contribution in [3.05, 3.63) is 12.2 Å². The van der Waals surface area contributed by atoms with Crippen molar-refractivity contribution < 1.29 is 13.6 Å². The summed E-state index contributed by atoms with van der Waals surface area (Å²) in [6.45, 7) is 17.8. The second-order valence-corrected chi connectivity index (χ2v) is 18.9. The molecule has 3 nitrogen and oxygen atoms in total. The molecule has 1 rings (SSSR count). The fourth-order valence-corrected chi connectivity index (χ4v) is 6.59. The molecular formula is C20H40O3Si2. The minimum Gasteiger partial charge on any atom is -0.414 e. The van der Waals surface area contributed by atoms with Gasteiger partial charge in [0.2, 0.25) is 0 Å². The van der Waals surface area contributed by atoms with Crippen LogP contribution in [0.25, 0.3) is 0 Å². The minimum absolute atomic E-state index is 0.0565. The van der Waals surface area contributed by atoms with Crippen molar-refractivity contribution >= 4 is 22.4 Å². The van der Waals surface area contributed by atoms with E-state index in [1.807, 2.05) is 0 Å². The van der Waals surface area contributed by atoms with Crippen LogP contribution in [0, 0.1) is 5.92 Å². The van der Waals surface area contributed by atoms with Gasteiger partial charge in [0, 0.05) is 18.9 Å². The Labute approximate surface area is 157 Å². The molecule has 0 aliphatic heterocycles. The number of ketones is 1. The van der Waals surface area contributed by atoms with Gasteiger partial charge in [-0.1, -0.05) is 12.2 Å². The highest BCUT2D eigenvalue weighted by atomic mass is 28.4. The number of rotatable bonds is 9. The van der Waals surface area contributed by atoms with E-state index in [2.05, 4.69) is 65.3 Å². The van der Waals surface area contributed by atoms with E-state index in [1.165, 1.54) is 0 Å². The first-order valence-electron chi connectivity index (χ1n) is 9.82. The molecule has 0 aromatic rings. The molecule has 5 heteroatoms. The van der Waals surface area contributed by atoms with Gasteiger partial charge in [-0.3, -0.25) is 4.79 Å². The first-order valence-corrected chi connectivity index (χ1v) is 16.6. The van der Waals surface area contributed by atoms with Gasteiger partial charge in [-0.2, -0.15) is 0 Å². The van der Waals surface area contributed by atoms with Gasteiger partial charge in [0.25, 0.3) is 0 Å². The fraction of sp³-hybridized carbons (Fsp3) is 0.850. The maximum Gasteiger partial charge on any atom is 0.184 e. The number of Topliss-reactive ketones (excluding diaryl/α,β-unsaturated/α-hetero) is 1. The predicted molar refractivity (Wildman–Crippen MR) is 112 cm³/mol. The molecule has 1 aliphatic rings. The summed E-state index contributed by atoms with van der Waals surface area (Å²) in [5, 5.41) is 0. The van der Waals surface area contributed by atoms with Gasteiger partial charge in [0.05, 0.1) is 5.60 Å².